The summed E-state index contributed by atoms with van der Waals surface area (Å²) in [4.78, 5) is 12.4. The van der Waals surface area contributed by atoms with Crippen LogP contribution in [0.2, 0.25) is 0 Å². The van der Waals surface area contributed by atoms with Crippen molar-refractivity contribution in [1.82, 2.24) is 15.0 Å². The lowest BCUT2D eigenvalue weighted by Crippen LogP contribution is -1.87. The third-order valence-corrected chi connectivity index (χ3v) is 3.05. The van der Waals surface area contributed by atoms with Gasteiger partial charge < -0.3 is 4.98 Å². The standard InChI is InChI=1S/C14H9N3/c1-2-4-11-10(3-1)16-12-6-5-9-7-8-15-13(9)14(12)17-11/h1-8,16H. The topological polar surface area (TPSA) is 41.6 Å². The quantitative estimate of drug-likeness (QED) is 0.461. The molecule has 2 aromatic heterocycles. The molecule has 4 aromatic rings. The van der Waals surface area contributed by atoms with Crippen LogP contribution in [-0.4, -0.2) is 15.0 Å². The molecule has 0 unspecified atom stereocenters. The van der Waals surface area contributed by atoms with Crippen LogP contribution in [0.4, 0.5) is 0 Å². The Kier molecular flexibility index (Phi) is 1.56. The van der Waals surface area contributed by atoms with E-state index >= 15 is 0 Å². The Bertz CT molecular complexity index is 846. The SMILES string of the molecule is c1ccc2[nH]c3ccc4ccnc4c3nc2c1. The van der Waals surface area contributed by atoms with Crippen molar-refractivity contribution in [2.45, 2.75) is 0 Å². The number of aromatic nitrogens is 3. The summed E-state index contributed by atoms with van der Waals surface area (Å²) in [5.74, 6) is 0. The molecule has 2 heterocycles. The van der Waals surface area contributed by atoms with Crippen molar-refractivity contribution in [3.05, 3.63) is 48.7 Å². The summed E-state index contributed by atoms with van der Waals surface area (Å²) >= 11 is 0. The van der Waals surface area contributed by atoms with E-state index in [-0.39, 0.29) is 0 Å². The molecule has 4 rings (SSSR count). The van der Waals surface area contributed by atoms with Gasteiger partial charge >= 0.3 is 0 Å². The second kappa shape index (κ2) is 3.04. The van der Waals surface area contributed by atoms with Crippen molar-refractivity contribution in [3.8, 4) is 0 Å². The van der Waals surface area contributed by atoms with E-state index in [0.717, 1.165) is 33.0 Å². The molecule has 80 valence electrons. The Morgan fingerprint density at radius 2 is 1.76 bits per heavy atom. The van der Waals surface area contributed by atoms with E-state index < -0.39 is 0 Å². The smallest absolute Gasteiger partial charge is 0.113 e. The molecular weight excluding hydrogens is 210 g/mol. The molecule has 0 saturated heterocycles. The van der Waals surface area contributed by atoms with E-state index in [1.54, 1.807) is 0 Å². The molecule has 0 aliphatic carbocycles. The van der Waals surface area contributed by atoms with Crippen molar-refractivity contribution in [2.24, 2.45) is 0 Å². The molecule has 0 radical (unpaired) electrons. The maximum absolute atomic E-state index is 4.68. The minimum Gasteiger partial charge on any atom is -0.352 e. The highest BCUT2D eigenvalue weighted by molar-refractivity contribution is 6.03. The van der Waals surface area contributed by atoms with Gasteiger partial charge in [0.2, 0.25) is 0 Å². The molecule has 0 aliphatic rings. The van der Waals surface area contributed by atoms with Gasteiger partial charge in [-0.2, -0.15) is 0 Å². The average Bonchev–Trinajstić information content (AvgIpc) is 2.85. The van der Waals surface area contributed by atoms with Gasteiger partial charge in [0.15, 0.2) is 0 Å². The summed E-state index contributed by atoms with van der Waals surface area (Å²) in [6, 6.07) is 14.2. The number of hydrogen-bond acceptors (Lipinski definition) is 2. The van der Waals surface area contributed by atoms with Crippen molar-refractivity contribution in [3.63, 3.8) is 0 Å². The number of hydrogen-bond donors (Lipinski definition) is 1. The van der Waals surface area contributed by atoms with Gasteiger partial charge in [0.1, 0.15) is 5.52 Å². The number of nitrogens with zero attached hydrogens (tertiary/aromatic N) is 2. The molecule has 3 nitrogen and oxygen atoms in total. The zero-order valence-electron chi connectivity index (χ0n) is 9.01. The Hall–Kier alpha value is -2.42. The van der Waals surface area contributed by atoms with Crippen molar-refractivity contribution < 1.29 is 0 Å². The second-order valence-electron chi connectivity index (χ2n) is 4.10. The van der Waals surface area contributed by atoms with Crippen LogP contribution in [-0.2, 0) is 0 Å². The van der Waals surface area contributed by atoms with E-state index in [4.69, 9.17) is 0 Å². The first-order chi connectivity index (χ1) is 8.42. The predicted molar refractivity (Wildman–Crippen MR) is 68.9 cm³/mol. The molecule has 0 fully saturated rings. The van der Waals surface area contributed by atoms with E-state index in [9.17, 15) is 0 Å². The first kappa shape index (κ1) is 8.70. The van der Waals surface area contributed by atoms with Gasteiger partial charge in [-0.3, -0.25) is 4.98 Å². The van der Waals surface area contributed by atoms with Gasteiger partial charge in [0.25, 0.3) is 0 Å². The number of fused-ring (bicyclic) bond motifs is 4. The fraction of sp³-hybridized carbons (Fsp3) is 0. The predicted octanol–water partition coefficient (Wildman–Crippen LogP) is 3.26. The Morgan fingerprint density at radius 1 is 0.824 bits per heavy atom. The minimum absolute atomic E-state index is 0.936. The minimum atomic E-state index is 0.936. The molecule has 17 heavy (non-hydrogen) atoms. The zero-order chi connectivity index (χ0) is 11.2. The van der Waals surface area contributed by atoms with Crippen LogP contribution in [0.3, 0.4) is 0 Å². The number of para-hydroxylation sites is 2. The lowest BCUT2D eigenvalue weighted by molar-refractivity contribution is 1.39. The summed E-state index contributed by atoms with van der Waals surface area (Å²) in [7, 11) is 0. The van der Waals surface area contributed by atoms with Gasteiger partial charge in [-0.25, -0.2) is 4.98 Å². The van der Waals surface area contributed by atoms with Gasteiger partial charge in [-0.05, 0) is 24.3 Å². The summed E-state index contributed by atoms with van der Waals surface area (Å²) in [5, 5.41) is 1.13. The lowest BCUT2D eigenvalue weighted by Gasteiger charge is -2.02. The molecule has 1 N–H and O–H groups in total. The number of H-pyrrole nitrogens is 1. The van der Waals surface area contributed by atoms with Crippen LogP contribution in [0, 0.1) is 0 Å². The molecule has 0 spiro atoms. The Balaban J connectivity index is 2.29. The van der Waals surface area contributed by atoms with Crippen LogP contribution in [0.15, 0.2) is 48.7 Å². The average molecular weight is 219 g/mol. The molecule has 0 aliphatic heterocycles. The highest BCUT2D eigenvalue weighted by Crippen LogP contribution is 2.23. The van der Waals surface area contributed by atoms with Crippen LogP contribution < -0.4 is 0 Å². The fourth-order valence-corrected chi connectivity index (χ4v) is 2.21. The lowest BCUT2D eigenvalue weighted by atomic mass is 10.2. The normalized spacial score (nSPS) is 11.5. The molecule has 0 saturated carbocycles. The molecule has 0 amide bonds. The van der Waals surface area contributed by atoms with E-state index in [1.165, 1.54) is 0 Å². The number of benzene rings is 2. The number of nitrogens with one attached hydrogen (secondary N) is 1. The summed E-state index contributed by atoms with van der Waals surface area (Å²) < 4.78 is 0. The van der Waals surface area contributed by atoms with Crippen molar-refractivity contribution in [2.75, 3.05) is 0 Å². The van der Waals surface area contributed by atoms with Crippen LogP contribution in [0.25, 0.3) is 33.0 Å². The first-order valence-electron chi connectivity index (χ1n) is 5.54. The molecule has 3 heteroatoms. The summed E-state index contributed by atoms with van der Waals surface area (Å²) in [5.41, 5.74) is 4.94. The maximum Gasteiger partial charge on any atom is 0.113 e. The Morgan fingerprint density at radius 3 is 2.76 bits per heavy atom. The molecule has 0 bridgehead atoms. The number of aromatic amines is 1. The second-order valence-corrected chi connectivity index (χ2v) is 4.10. The summed E-state index contributed by atoms with van der Waals surface area (Å²) in [6.45, 7) is 0. The van der Waals surface area contributed by atoms with Crippen LogP contribution in [0.1, 0.15) is 0 Å². The van der Waals surface area contributed by atoms with Gasteiger partial charge in [0, 0.05) is 11.6 Å². The van der Waals surface area contributed by atoms with Gasteiger partial charge in [0.05, 0.1) is 22.1 Å². The highest BCUT2D eigenvalue weighted by Gasteiger charge is 2.05. The first-order valence-corrected chi connectivity index (χ1v) is 5.54. The molecule has 2 aromatic carbocycles. The third kappa shape index (κ3) is 1.16. The number of rotatable bonds is 0. The summed E-state index contributed by atoms with van der Waals surface area (Å²) in [6.07, 6.45) is 1.82. The molecule has 0 atom stereocenters. The van der Waals surface area contributed by atoms with Gasteiger partial charge in [-0.1, -0.05) is 18.2 Å². The largest absolute Gasteiger partial charge is 0.352 e. The van der Waals surface area contributed by atoms with E-state index in [0.29, 0.717) is 0 Å². The Labute approximate surface area is 97.1 Å². The fourth-order valence-electron chi connectivity index (χ4n) is 2.21. The van der Waals surface area contributed by atoms with Gasteiger partial charge in [-0.15, -0.1) is 0 Å². The highest BCUT2D eigenvalue weighted by atomic mass is 14.8. The third-order valence-electron chi connectivity index (χ3n) is 3.05. The molecular formula is C14H9N3. The van der Waals surface area contributed by atoms with Crippen LogP contribution >= 0.6 is 0 Å². The zero-order valence-corrected chi connectivity index (χ0v) is 9.01. The maximum atomic E-state index is 4.68. The van der Waals surface area contributed by atoms with Crippen molar-refractivity contribution in [1.29, 1.82) is 0 Å². The van der Waals surface area contributed by atoms with Crippen LogP contribution in [0.5, 0.6) is 0 Å². The van der Waals surface area contributed by atoms with E-state index in [2.05, 4.69) is 27.1 Å². The monoisotopic (exact) mass is 219 g/mol. The van der Waals surface area contributed by atoms with E-state index in [1.807, 2.05) is 36.5 Å². The van der Waals surface area contributed by atoms with Crippen molar-refractivity contribution >= 4 is 33.0 Å².